The minimum atomic E-state index is -4.57. The molecule has 0 bridgehead atoms. The van der Waals surface area contributed by atoms with Gasteiger partial charge in [-0.15, -0.1) is 0 Å². The van der Waals surface area contributed by atoms with E-state index in [1.807, 2.05) is 6.07 Å². The van der Waals surface area contributed by atoms with Gasteiger partial charge in [0.15, 0.2) is 5.25 Å². The number of rotatable bonds is 5. The Morgan fingerprint density at radius 2 is 1.88 bits per heavy atom. The minimum Gasteiger partial charge on any atom is -0.480 e. The molecule has 17 heavy (non-hydrogen) atoms. The first-order valence-electron chi connectivity index (χ1n) is 4.82. The van der Waals surface area contributed by atoms with Gasteiger partial charge in [-0.1, -0.05) is 42.5 Å². The molecule has 6 heteroatoms. The van der Waals surface area contributed by atoms with Crippen LogP contribution in [0.1, 0.15) is 12.0 Å². The predicted molar refractivity (Wildman–Crippen MR) is 63.1 cm³/mol. The normalized spacial score (nSPS) is 13.7. The molecule has 5 nitrogen and oxygen atoms in total. The van der Waals surface area contributed by atoms with Crippen LogP contribution >= 0.6 is 0 Å². The van der Waals surface area contributed by atoms with Crippen molar-refractivity contribution in [3.05, 3.63) is 42.0 Å². The summed E-state index contributed by atoms with van der Waals surface area (Å²) in [7, 11) is -4.57. The molecule has 0 saturated heterocycles. The van der Waals surface area contributed by atoms with Gasteiger partial charge >= 0.3 is 5.97 Å². The van der Waals surface area contributed by atoms with Crippen LogP contribution in [0.2, 0.25) is 0 Å². The average molecular weight is 256 g/mol. The molecule has 0 aromatic heterocycles. The number of allylic oxidation sites excluding steroid dienone is 1. The Hall–Kier alpha value is -1.66. The Morgan fingerprint density at radius 1 is 1.29 bits per heavy atom. The molecular formula is C11H12O5S. The Labute approximate surface area is 99.2 Å². The number of benzene rings is 1. The monoisotopic (exact) mass is 256 g/mol. The van der Waals surface area contributed by atoms with E-state index in [-0.39, 0.29) is 6.42 Å². The van der Waals surface area contributed by atoms with Crippen molar-refractivity contribution >= 4 is 22.2 Å². The fraction of sp³-hybridized carbons (Fsp3) is 0.182. The second-order valence-corrected chi connectivity index (χ2v) is 4.99. The summed E-state index contributed by atoms with van der Waals surface area (Å²) in [6.07, 6.45) is 2.73. The highest BCUT2D eigenvalue weighted by Gasteiger charge is 2.29. The Balaban J connectivity index is 2.72. The quantitative estimate of drug-likeness (QED) is 0.777. The van der Waals surface area contributed by atoms with Crippen LogP contribution in [0.25, 0.3) is 6.08 Å². The van der Waals surface area contributed by atoms with Crippen molar-refractivity contribution in [3.8, 4) is 0 Å². The van der Waals surface area contributed by atoms with Gasteiger partial charge in [-0.05, 0) is 12.0 Å². The zero-order valence-corrected chi connectivity index (χ0v) is 9.67. The second-order valence-electron chi connectivity index (χ2n) is 3.39. The first-order chi connectivity index (χ1) is 7.91. The van der Waals surface area contributed by atoms with Gasteiger partial charge in [-0.2, -0.15) is 8.42 Å². The van der Waals surface area contributed by atoms with Crippen molar-refractivity contribution in [1.82, 2.24) is 0 Å². The highest BCUT2D eigenvalue weighted by Crippen LogP contribution is 2.08. The summed E-state index contributed by atoms with van der Waals surface area (Å²) in [6.45, 7) is 0. The molecule has 1 atom stereocenters. The summed E-state index contributed by atoms with van der Waals surface area (Å²) in [5.41, 5.74) is 0.826. The summed E-state index contributed by atoms with van der Waals surface area (Å²) >= 11 is 0. The fourth-order valence-electron chi connectivity index (χ4n) is 1.24. The van der Waals surface area contributed by atoms with E-state index < -0.39 is 21.3 Å². The Morgan fingerprint density at radius 3 is 2.35 bits per heavy atom. The van der Waals surface area contributed by atoms with E-state index in [0.29, 0.717) is 0 Å². The number of hydrogen-bond donors (Lipinski definition) is 2. The molecule has 0 fully saturated rings. The molecule has 0 spiro atoms. The van der Waals surface area contributed by atoms with Gasteiger partial charge in [-0.3, -0.25) is 9.35 Å². The smallest absolute Gasteiger partial charge is 0.324 e. The highest BCUT2D eigenvalue weighted by molar-refractivity contribution is 7.87. The summed E-state index contributed by atoms with van der Waals surface area (Å²) in [5.74, 6) is -1.56. The van der Waals surface area contributed by atoms with E-state index in [1.165, 1.54) is 6.08 Å². The third-order valence-electron chi connectivity index (χ3n) is 2.10. The summed E-state index contributed by atoms with van der Waals surface area (Å²) in [4.78, 5) is 10.6. The lowest BCUT2D eigenvalue weighted by Crippen LogP contribution is -2.28. The number of hydrogen-bond acceptors (Lipinski definition) is 3. The van der Waals surface area contributed by atoms with Crippen LogP contribution in [0.4, 0.5) is 0 Å². The van der Waals surface area contributed by atoms with Gasteiger partial charge in [0.25, 0.3) is 10.1 Å². The fourth-order valence-corrected chi connectivity index (χ4v) is 1.85. The lowest BCUT2D eigenvalue weighted by Gasteiger charge is -2.05. The van der Waals surface area contributed by atoms with Crippen LogP contribution in [-0.2, 0) is 14.9 Å². The third kappa shape index (κ3) is 4.38. The van der Waals surface area contributed by atoms with Crippen LogP contribution in [-0.4, -0.2) is 29.3 Å². The molecule has 1 rings (SSSR count). The van der Waals surface area contributed by atoms with Crippen molar-refractivity contribution in [2.75, 3.05) is 0 Å². The molecular weight excluding hydrogens is 244 g/mol. The molecule has 1 aromatic rings. The van der Waals surface area contributed by atoms with E-state index in [2.05, 4.69) is 0 Å². The average Bonchev–Trinajstić information content (AvgIpc) is 2.23. The second kappa shape index (κ2) is 5.60. The lowest BCUT2D eigenvalue weighted by atomic mass is 10.2. The van der Waals surface area contributed by atoms with Crippen LogP contribution in [0.5, 0.6) is 0 Å². The molecule has 0 saturated carbocycles. The van der Waals surface area contributed by atoms with Gasteiger partial charge in [-0.25, -0.2) is 0 Å². The van der Waals surface area contributed by atoms with Crippen molar-refractivity contribution < 1.29 is 22.9 Å². The molecule has 0 heterocycles. The molecule has 1 unspecified atom stereocenters. The van der Waals surface area contributed by atoms with Crippen LogP contribution in [0.3, 0.4) is 0 Å². The Kier molecular flexibility index (Phi) is 4.42. The molecule has 0 radical (unpaired) electrons. The largest absolute Gasteiger partial charge is 0.480 e. The number of carbonyl (C=O) groups is 1. The topological polar surface area (TPSA) is 91.7 Å². The maximum atomic E-state index is 10.8. The predicted octanol–water partition coefficient (Wildman–Crippen LogP) is 1.43. The number of aliphatic carboxylic acids is 1. The van der Waals surface area contributed by atoms with Crippen LogP contribution in [0, 0.1) is 0 Å². The maximum absolute atomic E-state index is 10.8. The van der Waals surface area contributed by atoms with Gasteiger partial charge in [0.05, 0.1) is 0 Å². The first-order valence-corrected chi connectivity index (χ1v) is 6.32. The van der Waals surface area contributed by atoms with Gasteiger partial charge < -0.3 is 5.11 Å². The molecule has 1 aromatic carbocycles. The van der Waals surface area contributed by atoms with E-state index in [9.17, 15) is 13.2 Å². The van der Waals surface area contributed by atoms with E-state index in [4.69, 9.17) is 9.66 Å². The molecule has 0 amide bonds. The first kappa shape index (κ1) is 13.4. The Bertz CT molecular complexity index is 504. The van der Waals surface area contributed by atoms with Gasteiger partial charge in [0.2, 0.25) is 0 Å². The van der Waals surface area contributed by atoms with Crippen molar-refractivity contribution in [1.29, 1.82) is 0 Å². The SMILES string of the molecule is O=C(O)C(CC=Cc1ccccc1)S(=O)(=O)O. The molecule has 92 valence electrons. The van der Waals surface area contributed by atoms with E-state index >= 15 is 0 Å². The van der Waals surface area contributed by atoms with E-state index in [0.717, 1.165) is 5.56 Å². The summed E-state index contributed by atoms with van der Waals surface area (Å²) in [6, 6.07) is 9.02. The maximum Gasteiger partial charge on any atom is 0.324 e. The van der Waals surface area contributed by atoms with Crippen molar-refractivity contribution in [2.45, 2.75) is 11.7 Å². The zero-order chi connectivity index (χ0) is 12.9. The number of carboxylic acid groups (broad SMARTS) is 1. The highest BCUT2D eigenvalue weighted by atomic mass is 32.2. The molecule has 2 N–H and O–H groups in total. The molecule has 0 aliphatic heterocycles. The van der Waals surface area contributed by atoms with E-state index in [1.54, 1.807) is 30.3 Å². The summed E-state index contributed by atoms with van der Waals surface area (Å²) < 4.78 is 30.2. The minimum absolute atomic E-state index is 0.275. The lowest BCUT2D eigenvalue weighted by molar-refractivity contribution is -0.136. The van der Waals surface area contributed by atoms with Gasteiger partial charge in [0, 0.05) is 0 Å². The van der Waals surface area contributed by atoms with Crippen LogP contribution in [0.15, 0.2) is 36.4 Å². The van der Waals surface area contributed by atoms with Crippen molar-refractivity contribution in [3.63, 3.8) is 0 Å². The zero-order valence-electron chi connectivity index (χ0n) is 8.85. The third-order valence-corrected chi connectivity index (χ3v) is 3.21. The molecule has 0 aliphatic carbocycles. The van der Waals surface area contributed by atoms with Crippen LogP contribution < -0.4 is 0 Å². The van der Waals surface area contributed by atoms with Gasteiger partial charge in [0.1, 0.15) is 0 Å². The number of carboxylic acids is 1. The standard InChI is InChI=1S/C11H12O5S/c12-11(13)10(17(14,15)16)8-4-7-9-5-2-1-3-6-9/h1-7,10H,8H2,(H,12,13)(H,14,15,16). The molecule has 0 aliphatic rings. The van der Waals surface area contributed by atoms with Crippen molar-refractivity contribution in [2.24, 2.45) is 0 Å². The summed E-state index contributed by atoms with van der Waals surface area (Å²) in [5, 5.41) is 6.82.